The van der Waals surface area contributed by atoms with Gasteiger partial charge in [-0.3, -0.25) is 10.1 Å². The molecule has 0 aromatic heterocycles. The minimum Gasteiger partial charge on any atom is -0.258 e. The van der Waals surface area contributed by atoms with Crippen LogP contribution in [0.15, 0.2) is 24.3 Å². The van der Waals surface area contributed by atoms with Crippen LogP contribution in [0, 0.1) is 21.4 Å². The topological polar surface area (TPSA) is 66.9 Å². The highest BCUT2D eigenvalue weighted by Crippen LogP contribution is 2.23. The van der Waals surface area contributed by atoms with Gasteiger partial charge in [-0.05, 0) is 18.4 Å². The van der Waals surface area contributed by atoms with Crippen molar-refractivity contribution in [2.75, 3.05) is 5.88 Å². The number of nitro groups is 1. The van der Waals surface area contributed by atoms with E-state index in [-0.39, 0.29) is 11.6 Å². The zero-order valence-corrected chi connectivity index (χ0v) is 9.35. The molecule has 4 nitrogen and oxygen atoms in total. The third kappa shape index (κ3) is 3.21. The van der Waals surface area contributed by atoms with Crippen LogP contribution in [-0.4, -0.2) is 10.8 Å². The Morgan fingerprint density at radius 1 is 1.44 bits per heavy atom. The molecule has 0 aliphatic heterocycles. The van der Waals surface area contributed by atoms with Gasteiger partial charge in [-0.25, -0.2) is 0 Å². The molecule has 0 saturated heterocycles. The van der Waals surface area contributed by atoms with Crippen LogP contribution in [0.2, 0.25) is 0 Å². The van der Waals surface area contributed by atoms with Crippen LogP contribution in [0.3, 0.4) is 0 Å². The average Bonchev–Trinajstić information content (AvgIpc) is 2.30. The Balaban J connectivity index is 2.79. The van der Waals surface area contributed by atoms with E-state index >= 15 is 0 Å². The summed E-state index contributed by atoms with van der Waals surface area (Å²) in [6.45, 7) is 0. The first-order valence-electron chi connectivity index (χ1n) is 4.89. The summed E-state index contributed by atoms with van der Waals surface area (Å²) in [5.41, 5.74) is 0.844. The van der Waals surface area contributed by atoms with E-state index in [1.807, 2.05) is 0 Å². The van der Waals surface area contributed by atoms with E-state index in [1.54, 1.807) is 12.1 Å². The highest BCUT2D eigenvalue weighted by atomic mass is 35.5. The van der Waals surface area contributed by atoms with Gasteiger partial charge in [0.15, 0.2) is 0 Å². The Morgan fingerprint density at radius 3 is 2.50 bits per heavy atom. The molecule has 0 N–H and O–H groups in total. The molecule has 0 saturated carbocycles. The van der Waals surface area contributed by atoms with Gasteiger partial charge in [-0.2, -0.15) is 5.26 Å². The van der Waals surface area contributed by atoms with Gasteiger partial charge in [0, 0.05) is 18.0 Å². The predicted molar refractivity (Wildman–Crippen MR) is 61.4 cm³/mol. The van der Waals surface area contributed by atoms with Crippen molar-refractivity contribution in [3.05, 3.63) is 39.9 Å². The summed E-state index contributed by atoms with van der Waals surface area (Å²) in [5.74, 6) is 0.282. The largest absolute Gasteiger partial charge is 0.269 e. The molecule has 5 heteroatoms. The molecule has 0 amide bonds. The summed E-state index contributed by atoms with van der Waals surface area (Å²) in [6, 6.07) is 8.26. The molecular weight excluding hydrogens is 228 g/mol. The quantitative estimate of drug-likeness (QED) is 0.449. The minimum atomic E-state index is -0.454. The molecule has 1 aromatic rings. The third-order valence-corrected chi connectivity index (χ3v) is 2.56. The van der Waals surface area contributed by atoms with Crippen molar-refractivity contribution < 1.29 is 4.92 Å². The van der Waals surface area contributed by atoms with Gasteiger partial charge < -0.3 is 0 Å². The molecule has 1 rings (SSSR count). The molecule has 0 fully saturated rings. The van der Waals surface area contributed by atoms with E-state index in [0.29, 0.717) is 12.3 Å². The number of alkyl halides is 1. The summed E-state index contributed by atoms with van der Waals surface area (Å²) in [5, 5.41) is 19.4. The Bertz CT molecular complexity index is 397. The number of hydrogen-bond donors (Lipinski definition) is 0. The van der Waals surface area contributed by atoms with Gasteiger partial charge in [0.25, 0.3) is 5.69 Å². The number of hydrogen-bond acceptors (Lipinski definition) is 3. The summed E-state index contributed by atoms with van der Waals surface area (Å²) in [4.78, 5) is 9.99. The molecule has 1 atom stereocenters. The third-order valence-electron chi connectivity index (χ3n) is 2.29. The van der Waals surface area contributed by atoms with Crippen molar-refractivity contribution >= 4 is 17.3 Å². The van der Waals surface area contributed by atoms with E-state index in [2.05, 4.69) is 6.07 Å². The lowest BCUT2D eigenvalue weighted by atomic mass is 9.96. The summed E-state index contributed by atoms with van der Waals surface area (Å²) in [6.07, 6.45) is 1.44. The van der Waals surface area contributed by atoms with Crippen LogP contribution in [0.4, 0.5) is 5.69 Å². The van der Waals surface area contributed by atoms with Gasteiger partial charge >= 0.3 is 0 Å². The maximum Gasteiger partial charge on any atom is 0.269 e. The monoisotopic (exact) mass is 238 g/mol. The fourth-order valence-electron chi connectivity index (χ4n) is 1.42. The molecule has 0 aliphatic rings. The van der Waals surface area contributed by atoms with Crippen LogP contribution >= 0.6 is 11.6 Å². The first kappa shape index (κ1) is 12.5. The van der Waals surface area contributed by atoms with Crippen molar-refractivity contribution in [2.24, 2.45) is 0 Å². The molecule has 84 valence electrons. The van der Waals surface area contributed by atoms with E-state index < -0.39 is 4.92 Å². The lowest BCUT2D eigenvalue weighted by Gasteiger charge is -2.07. The molecule has 0 heterocycles. The summed E-state index contributed by atoms with van der Waals surface area (Å²) < 4.78 is 0. The Hall–Kier alpha value is -1.60. The predicted octanol–water partition coefficient (Wildman–Crippen LogP) is 3.22. The lowest BCUT2D eigenvalue weighted by Crippen LogP contribution is -1.97. The minimum absolute atomic E-state index is 0.0396. The zero-order chi connectivity index (χ0) is 12.0. The number of nitrogens with zero attached hydrogens (tertiary/aromatic N) is 2. The average molecular weight is 239 g/mol. The van der Waals surface area contributed by atoms with Gasteiger partial charge in [-0.1, -0.05) is 12.1 Å². The van der Waals surface area contributed by atoms with Gasteiger partial charge in [-0.15, -0.1) is 11.6 Å². The Kier molecular flexibility index (Phi) is 4.74. The normalized spacial score (nSPS) is 11.8. The highest BCUT2D eigenvalue weighted by Gasteiger charge is 2.12. The molecule has 0 bridgehead atoms. The van der Waals surface area contributed by atoms with Crippen molar-refractivity contribution in [1.82, 2.24) is 0 Å². The molecule has 0 aliphatic carbocycles. The van der Waals surface area contributed by atoms with Crippen LogP contribution < -0.4 is 0 Å². The van der Waals surface area contributed by atoms with Crippen molar-refractivity contribution in [3.8, 4) is 6.07 Å². The highest BCUT2D eigenvalue weighted by molar-refractivity contribution is 6.17. The second kappa shape index (κ2) is 6.09. The number of benzene rings is 1. The second-order valence-electron chi connectivity index (χ2n) is 3.36. The zero-order valence-electron chi connectivity index (χ0n) is 8.60. The number of non-ortho nitro benzene ring substituents is 1. The van der Waals surface area contributed by atoms with Crippen molar-refractivity contribution in [3.63, 3.8) is 0 Å². The molecular formula is C11H11ClN2O2. The fourth-order valence-corrected chi connectivity index (χ4v) is 1.57. The number of nitriles is 1. The van der Waals surface area contributed by atoms with Crippen LogP contribution in [0.1, 0.15) is 24.3 Å². The van der Waals surface area contributed by atoms with E-state index in [0.717, 1.165) is 12.0 Å². The lowest BCUT2D eigenvalue weighted by molar-refractivity contribution is -0.384. The number of rotatable bonds is 5. The Labute approximate surface area is 98.6 Å². The molecule has 16 heavy (non-hydrogen) atoms. The maximum atomic E-state index is 10.4. The second-order valence-corrected chi connectivity index (χ2v) is 3.74. The molecule has 0 radical (unpaired) electrons. The summed E-state index contributed by atoms with van der Waals surface area (Å²) >= 11 is 5.56. The number of nitro benzene ring substituents is 1. The fraction of sp³-hybridized carbons (Fsp3) is 0.364. The van der Waals surface area contributed by atoms with E-state index in [4.69, 9.17) is 16.9 Å². The maximum absolute atomic E-state index is 10.4. The van der Waals surface area contributed by atoms with Gasteiger partial charge in [0.1, 0.15) is 0 Å². The van der Waals surface area contributed by atoms with Crippen molar-refractivity contribution in [1.29, 1.82) is 5.26 Å². The summed E-state index contributed by atoms with van der Waals surface area (Å²) in [7, 11) is 0. The SMILES string of the molecule is N#CC(CCCCl)c1ccc([N+](=O)[O-])cc1. The standard InChI is InChI=1S/C11H11ClN2O2/c12-7-1-2-10(8-13)9-3-5-11(6-4-9)14(15)16/h3-6,10H,1-2,7H2. The molecule has 1 unspecified atom stereocenters. The first-order chi connectivity index (χ1) is 7.69. The Morgan fingerprint density at radius 2 is 2.06 bits per heavy atom. The van der Waals surface area contributed by atoms with Gasteiger partial charge in [0.05, 0.1) is 16.9 Å². The van der Waals surface area contributed by atoms with Crippen LogP contribution in [-0.2, 0) is 0 Å². The van der Waals surface area contributed by atoms with Crippen LogP contribution in [0.25, 0.3) is 0 Å². The smallest absolute Gasteiger partial charge is 0.258 e. The van der Waals surface area contributed by atoms with E-state index in [1.165, 1.54) is 12.1 Å². The molecule has 0 spiro atoms. The molecule has 1 aromatic carbocycles. The van der Waals surface area contributed by atoms with Crippen molar-refractivity contribution in [2.45, 2.75) is 18.8 Å². The first-order valence-corrected chi connectivity index (χ1v) is 5.42. The number of halogens is 1. The van der Waals surface area contributed by atoms with E-state index in [9.17, 15) is 10.1 Å². The van der Waals surface area contributed by atoms with Gasteiger partial charge in [0.2, 0.25) is 0 Å². The van der Waals surface area contributed by atoms with Crippen LogP contribution in [0.5, 0.6) is 0 Å².